The summed E-state index contributed by atoms with van der Waals surface area (Å²) in [5.74, 6) is -1.54. The lowest BCUT2D eigenvalue weighted by Crippen LogP contribution is -2.30. The zero-order chi connectivity index (χ0) is 55.5. The molecule has 0 bridgehead atoms. The minimum atomic E-state index is -4.77. The van der Waals surface area contributed by atoms with E-state index in [-0.39, 0.29) is 25.9 Å². The highest BCUT2D eigenvalue weighted by molar-refractivity contribution is 7.47. The maximum absolute atomic E-state index is 12.9. The molecule has 438 valence electrons. The Hall–Kier alpha value is -3.34. The van der Waals surface area contributed by atoms with Crippen molar-refractivity contribution in [2.45, 2.75) is 277 Å². The number of esters is 3. The van der Waals surface area contributed by atoms with Gasteiger partial charge in [0.2, 0.25) is 0 Å². The molecule has 0 heterocycles. The van der Waals surface area contributed by atoms with Crippen LogP contribution in [-0.2, 0) is 42.2 Å². The van der Waals surface area contributed by atoms with E-state index in [9.17, 15) is 28.9 Å². The van der Waals surface area contributed by atoms with Crippen LogP contribution in [0.1, 0.15) is 265 Å². The van der Waals surface area contributed by atoms with E-state index < -0.39 is 57.8 Å². The fraction of sp³-hybridized carbons (Fsp3) is 0.734. The number of aliphatic hydroxyl groups excluding tert-OH is 1. The highest BCUT2D eigenvalue weighted by atomic mass is 31.2. The van der Waals surface area contributed by atoms with Crippen LogP contribution in [0.15, 0.2) is 85.1 Å². The Labute approximate surface area is 464 Å². The Balaban J connectivity index is 4.79. The highest BCUT2D eigenvalue weighted by Crippen LogP contribution is 2.43. The second kappa shape index (κ2) is 57.8. The van der Waals surface area contributed by atoms with Crippen molar-refractivity contribution in [3.8, 4) is 0 Å². The van der Waals surface area contributed by atoms with Crippen molar-refractivity contribution in [1.82, 2.24) is 0 Å². The molecule has 2 N–H and O–H groups in total. The smallest absolute Gasteiger partial charge is 0.462 e. The number of hydrogen-bond donors (Lipinski definition) is 2. The van der Waals surface area contributed by atoms with E-state index in [1.54, 1.807) is 0 Å². The van der Waals surface area contributed by atoms with Crippen molar-refractivity contribution in [3.05, 3.63) is 85.1 Å². The van der Waals surface area contributed by atoms with Crippen molar-refractivity contribution in [2.24, 2.45) is 0 Å². The molecule has 3 atom stereocenters. The molecule has 0 radical (unpaired) electrons. The van der Waals surface area contributed by atoms with Crippen LogP contribution in [0.5, 0.6) is 0 Å². The Morgan fingerprint density at radius 1 is 0.382 bits per heavy atom. The van der Waals surface area contributed by atoms with E-state index in [1.807, 2.05) is 6.08 Å². The van der Waals surface area contributed by atoms with Crippen LogP contribution in [-0.4, -0.2) is 66.5 Å². The third-order valence-electron chi connectivity index (χ3n) is 12.8. The number of phosphoric ester groups is 1. The van der Waals surface area contributed by atoms with Gasteiger partial charge < -0.3 is 24.2 Å². The first kappa shape index (κ1) is 72.7. The summed E-state index contributed by atoms with van der Waals surface area (Å²) in [6.07, 6.45) is 66.8. The number of rotatable bonds is 56. The zero-order valence-corrected chi connectivity index (χ0v) is 49.3. The molecule has 0 saturated carbocycles. The summed E-state index contributed by atoms with van der Waals surface area (Å²) < 4.78 is 39.5. The van der Waals surface area contributed by atoms with Crippen molar-refractivity contribution in [3.63, 3.8) is 0 Å². The number of carbonyl (C=O) groups excluding carboxylic acids is 3. The van der Waals surface area contributed by atoms with Crippen LogP contribution >= 0.6 is 7.82 Å². The average Bonchev–Trinajstić information content (AvgIpc) is 3.41. The van der Waals surface area contributed by atoms with Crippen LogP contribution in [0, 0.1) is 0 Å². The van der Waals surface area contributed by atoms with Crippen LogP contribution in [0.25, 0.3) is 0 Å². The topological polar surface area (TPSA) is 155 Å². The summed E-state index contributed by atoms with van der Waals surface area (Å²) in [4.78, 5) is 48.6. The second-order valence-electron chi connectivity index (χ2n) is 20.1. The predicted molar refractivity (Wildman–Crippen MR) is 316 cm³/mol. The summed E-state index contributed by atoms with van der Waals surface area (Å²) in [7, 11) is -4.77. The standard InChI is InChI=1S/C64H111O11P/c1-4-7-10-13-16-19-22-25-28-30-33-35-38-41-44-47-50-53-62(66)71-57-61(75-64(68)55-52-49-46-43-40-37-34-31-29-26-23-20-17-14-11-8-5-2)59-73-76(69,70)72-58-60(56-65)74-63(67)54-51-48-45-42-39-36-32-27-24-21-18-15-12-9-6-3/h7,10,16-17,19-20,25-26,28-29,33,35,41,44,60-61,65H,4-6,8-9,11-15,18,21-24,27,30-32,34,36-40,42-43,45-59H2,1-3H3,(H,69,70)/b10-7-,19-16-,20-17-,28-25-,29-26-,35-33-,44-41-. The molecule has 0 saturated heterocycles. The van der Waals surface area contributed by atoms with Gasteiger partial charge in [0.05, 0.1) is 19.8 Å². The van der Waals surface area contributed by atoms with Gasteiger partial charge in [-0.05, 0) is 89.9 Å². The monoisotopic (exact) mass is 1090 g/mol. The Morgan fingerprint density at radius 3 is 1.12 bits per heavy atom. The lowest BCUT2D eigenvalue weighted by atomic mass is 10.0. The van der Waals surface area contributed by atoms with E-state index in [0.29, 0.717) is 25.7 Å². The van der Waals surface area contributed by atoms with Crippen molar-refractivity contribution in [1.29, 1.82) is 0 Å². The molecule has 0 fully saturated rings. The first-order chi connectivity index (χ1) is 37.2. The summed E-state index contributed by atoms with van der Waals surface area (Å²) in [6.45, 7) is 4.46. The van der Waals surface area contributed by atoms with Crippen LogP contribution in [0.2, 0.25) is 0 Å². The number of hydrogen-bond acceptors (Lipinski definition) is 10. The minimum Gasteiger partial charge on any atom is -0.462 e. The molecule has 76 heavy (non-hydrogen) atoms. The summed E-state index contributed by atoms with van der Waals surface area (Å²) >= 11 is 0. The van der Waals surface area contributed by atoms with Gasteiger partial charge in [-0.25, -0.2) is 4.57 Å². The molecule has 0 aliphatic rings. The summed E-state index contributed by atoms with van der Waals surface area (Å²) in [5, 5.41) is 9.83. The van der Waals surface area contributed by atoms with Gasteiger partial charge in [0.15, 0.2) is 6.10 Å². The van der Waals surface area contributed by atoms with E-state index in [0.717, 1.165) is 89.9 Å². The molecule has 0 aromatic rings. The second-order valence-corrected chi connectivity index (χ2v) is 21.6. The fourth-order valence-corrected chi connectivity index (χ4v) is 8.97. The van der Waals surface area contributed by atoms with E-state index >= 15 is 0 Å². The molecular formula is C64H111O11P. The lowest BCUT2D eigenvalue weighted by molar-refractivity contribution is -0.161. The van der Waals surface area contributed by atoms with Gasteiger partial charge in [-0.15, -0.1) is 0 Å². The Morgan fingerprint density at radius 2 is 0.697 bits per heavy atom. The lowest BCUT2D eigenvalue weighted by Gasteiger charge is -2.21. The van der Waals surface area contributed by atoms with Gasteiger partial charge in [0.25, 0.3) is 0 Å². The number of phosphoric acid groups is 1. The fourth-order valence-electron chi connectivity index (χ4n) is 8.19. The van der Waals surface area contributed by atoms with Gasteiger partial charge in [-0.1, -0.05) is 241 Å². The van der Waals surface area contributed by atoms with Gasteiger partial charge >= 0.3 is 25.7 Å². The van der Waals surface area contributed by atoms with Gasteiger partial charge in [0.1, 0.15) is 12.7 Å². The number of unbranched alkanes of at least 4 members (excludes halogenated alkanes) is 25. The molecule has 12 heteroatoms. The number of ether oxygens (including phenoxy) is 3. The van der Waals surface area contributed by atoms with Gasteiger partial charge in [0, 0.05) is 19.3 Å². The molecule has 0 spiro atoms. The molecular weight excluding hydrogens is 976 g/mol. The van der Waals surface area contributed by atoms with E-state index in [2.05, 4.69) is 99.8 Å². The number of allylic oxidation sites excluding steroid dienone is 14. The van der Waals surface area contributed by atoms with Crippen LogP contribution < -0.4 is 0 Å². The van der Waals surface area contributed by atoms with Crippen molar-refractivity contribution >= 4 is 25.7 Å². The third-order valence-corrected chi connectivity index (χ3v) is 13.8. The van der Waals surface area contributed by atoms with Crippen molar-refractivity contribution < 1.29 is 52.2 Å². The molecule has 0 amide bonds. The molecule has 11 nitrogen and oxygen atoms in total. The van der Waals surface area contributed by atoms with E-state index in [1.165, 1.54) is 109 Å². The minimum absolute atomic E-state index is 0.145. The zero-order valence-electron chi connectivity index (χ0n) is 48.5. The first-order valence-corrected chi connectivity index (χ1v) is 32.0. The number of carbonyl (C=O) groups is 3. The maximum Gasteiger partial charge on any atom is 0.472 e. The molecule has 0 aromatic carbocycles. The quantitative estimate of drug-likeness (QED) is 0.0197. The number of aliphatic hydroxyl groups is 1. The Bertz CT molecular complexity index is 1600. The predicted octanol–water partition coefficient (Wildman–Crippen LogP) is 18.3. The molecule has 0 aliphatic heterocycles. The largest absolute Gasteiger partial charge is 0.472 e. The summed E-state index contributed by atoms with van der Waals surface area (Å²) in [6, 6.07) is 0. The molecule has 0 aliphatic carbocycles. The van der Waals surface area contributed by atoms with Crippen LogP contribution in [0.3, 0.4) is 0 Å². The third kappa shape index (κ3) is 55.4. The SMILES string of the molecule is CC/C=C\C/C=C\C/C=C\C/C=C\C/C=C\CCCC(=O)OCC(COP(=O)(O)OCC(CO)OC(=O)CCCCCCCCCCCCCCCCC)OC(=O)CCCCCCCCC/C=C\C/C=C\CCCCC. The molecule has 0 aromatic heterocycles. The van der Waals surface area contributed by atoms with Gasteiger partial charge in [-0.3, -0.25) is 23.4 Å². The Kier molecular flexibility index (Phi) is 55.3. The molecule has 0 rings (SSSR count). The highest BCUT2D eigenvalue weighted by Gasteiger charge is 2.28. The first-order valence-electron chi connectivity index (χ1n) is 30.5. The van der Waals surface area contributed by atoms with E-state index in [4.69, 9.17) is 23.3 Å². The average molecular weight is 1090 g/mol. The van der Waals surface area contributed by atoms with Crippen molar-refractivity contribution in [2.75, 3.05) is 26.4 Å². The van der Waals surface area contributed by atoms with Gasteiger partial charge in [-0.2, -0.15) is 0 Å². The maximum atomic E-state index is 12.9. The molecule has 3 unspecified atom stereocenters. The van der Waals surface area contributed by atoms with Crippen LogP contribution in [0.4, 0.5) is 0 Å². The summed E-state index contributed by atoms with van der Waals surface area (Å²) in [5.41, 5.74) is 0. The normalized spacial score (nSPS) is 13.9.